The molecule has 0 bridgehead atoms. The van der Waals surface area contributed by atoms with E-state index >= 15 is 0 Å². The van der Waals surface area contributed by atoms with Crippen molar-refractivity contribution in [2.45, 2.75) is 26.7 Å². The highest BCUT2D eigenvalue weighted by Crippen LogP contribution is 2.41. The molecule has 0 radical (unpaired) electrons. The molecule has 11 heteroatoms. The van der Waals surface area contributed by atoms with Crippen molar-refractivity contribution >= 4 is 65.3 Å². The Labute approximate surface area is 717 Å². The minimum atomic E-state index is 0.334. The molecule has 22 rings (SSSR count). The number of fused-ring (bicyclic) bond motifs is 8. The van der Waals surface area contributed by atoms with Gasteiger partial charge in [0.1, 0.15) is 0 Å². The van der Waals surface area contributed by atoms with Crippen molar-refractivity contribution < 1.29 is 0 Å². The maximum Gasteiger partial charge on any atom is 0.164 e. The van der Waals surface area contributed by atoms with Crippen LogP contribution in [0.3, 0.4) is 0 Å². The molecule has 0 saturated heterocycles. The Bertz CT molecular complexity index is 7810. The summed E-state index contributed by atoms with van der Waals surface area (Å²) >= 11 is 0. The first kappa shape index (κ1) is 75.1. The van der Waals surface area contributed by atoms with E-state index in [-0.39, 0.29) is 0 Å². The number of aromatic nitrogens is 11. The predicted octanol–water partition coefficient (Wildman–Crippen LogP) is 28.4. The van der Waals surface area contributed by atoms with E-state index in [2.05, 4.69) is 322 Å². The fraction of sp³-hybridized carbons (Fsp3) is 0.0354. The van der Waals surface area contributed by atoms with E-state index in [1.165, 1.54) is 11.1 Å². The third-order valence-electron chi connectivity index (χ3n) is 23.2. The Kier molecular flexibility index (Phi) is 19.8. The quantitative estimate of drug-likeness (QED) is 0.0906. The molecule has 0 unspecified atom stereocenters. The molecule has 8 heterocycles. The monoisotopic (exact) mass is 1590 g/mol. The first-order valence-electron chi connectivity index (χ1n) is 41.8. The number of pyridine rings is 6. The topological polar surface area (TPSA) is 142 Å². The number of nitrogens with zero attached hydrogens (tertiary/aromatic N) is 11. The van der Waals surface area contributed by atoms with Gasteiger partial charge < -0.3 is 0 Å². The average Bonchev–Trinajstić information content (AvgIpc) is 0.757. The lowest BCUT2D eigenvalue weighted by Crippen LogP contribution is -2.00. The highest BCUT2D eigenvalue weighted by atomic mass is 15.0. The summed E-state index contributed by atoms with van der Waals surface area (Å²) in [7, 11) is 0. The molecular formula is C113H77N11. The molecule has 0 fully saturated rings. The lowest BCUT2D eigenvalue weighted by atomic mass is 9.95. The minimum Gasteiger partial charge on any atom is -0.263 e. The van der Waals surface area contributed by atoms with E-state index in [4.69, 9.17) is 44.9 Å². The number of hydrogen-bond acceptors (Lipinski definition) is 11. The SMILES string of the molecule is CC(C)c1cc(-c2ccccc2)nc2c1ccc1ccc(-c3cccc(-c4ccc(-c5cc(-c6ccccc6)nc(-c6cccc(-c7cncc8ccccc78)c6)n5)cc4)c3)nc12.Cc1cc(-c2ccccc2)nc2c1ccc1ccc(-c3ccc(-c4cccc(-c5nc(-c6ccccc6)nc(-c6cccc(-c7ccnc8ccccc78)c6)n5)c4)cc3)nc12. The largest absolute Gasteiger partial charge is 0.263 e. The summed E-state index contributed by atoms with van der Waals surface area (Å²) in [6.07, 6.45) is 5.71. The van der Waals surface area contributed by atoms with Crippen LogP contribution in [-0.2, 0) is 0 Å². The van der Waals surface area contributed by atoms with Gasteiger partial charge in [-0.1, -0.05) is 335 Å². The summed E-state index contributed by atoms with van der Waals surface area (Å²) in [6, 6.07) is 135. The van der Waals surface area contributed by atoms with Crippen LogP contribution in [0.15, 0.2) is 407 Å². The van der Waals surface area contributed by atoms with Crippen LogP contribution in [0.2, 0.25) is 0 Å². The standard InChI is InChI=1S/C58H41N5.C55H36N6/c1-37(2)50-33-53(39-13-5-3-6-14-39)61-57-49(50)29-27-42-28-30-52(60-56(42)57)45-20-11-18-43(31-45)38-23-25-41(26-24-38)55-34-54(40-15-7-4-8-16-40)62-58(63-55)46-21-12-19-44(32-46)51-36-59-35-47-17-9-10-22-48(47)51;1-35-32-50(37-12-4-2-5-13-37)58-52-45(35)28-26-39-27-29-48(57-51(39)52)38-24-22-36(23-25-38)41-16-10-18-43(33-41)54-59-53(40-14-6-3-7-15-40)60-55(61-54)44-19-11-17-42(34-44)46-30-31-56-49-21-9-8-20-47(46)49/h3-37H,1-2H3;2-34H,1H3. The normalized spacial score (nSPS) is 11.4. The Morgan fingerprint density at radius 2 is 0.597 bits per heavy atom. The third-order valence-corrected chi connectivity index (χ3v) is 23.2. The zero-order valence-electron chi connectivity index (χ0n) is 68.2. The molecule has 0 aliphatic carbocycles. The van der Waals surface area contributed by atoms with Gasteiger partial charge in [-0.25, -0.2) is 44.9 Å². The first-order chi connectivity index (χ1) is 61.1. The molecule has 0 saturated carbocycles. The zero-order chi connectivity index (χ0) is 83.0. The second kappa shape index (κ2) is 32.7. The van der Waals surface area contributed by atoms with E-state index in [1.54, 1.807) is 0 Å². The van der Waals surface area contributed by atoms with E-state index in [1.807, 2.05) is 116 Å². The lowest BCUT2D eigenvalue weighted by molar-refractivity contribution is 0.875. The van der Waals surface area contributed by atoms with Crippen LogP contribution in [-0.4, -0.2) is 54.8 Å². The fourth-order valence-corrected chi connectivity index (χ4v) is 16.8. The summed E-state index contributed by atoms with van der Waals surface area (Å²) in [5.74, 6) is 2.83. The summed E-state index contributed by atoms with van der Waals surface area (Å²) in [5, 5.41) is 7.76. The summed E-state index contributed by atoms with van der Waals surface area (Å²) < 4.78 is 0. The second-order valence-corrected chi connectivity index (χ2v) is 31.5. The van der Waals surface area contributed by atoms with Crippen molar-refractivity contribution in [3.8, 4) is 158 Å². The molecule has 11 nitrogen and oxygen atoms in total. The van der Waals surface area contributed by atoms with Gasteiger partial charge in [-0.15, -0.1) is 0 Å². The Morgan fingerprint density at radius 3 is 1.17 bits per heavy atom. The van der Waals surface area contributed by atoms with E-state index < -0.39 is 0 Å². The molecule has 0 aliphatic heterocycles. The average molecular weight is 1590 g/mol. The Balaban J connectivity index is 0.000000152. The number of benzene rings is 14. The van der Waals surface area contributed by atoms with E-state index in [9.17, 15) is 0 Å². The van der Waals surface area contributed by atoms with Gasteiger partial charge in [0.15, 0.2) is 23.3 Å². The van der Waals surface area contributed by atoms with Crippen LogP contribution in [0.5, 0.6) is 0 Å². The molecule has 0 aliphatic rings. The highest BCUT2D eigenvalue weighted by Gasteiger charge is 2.21. The van der Waals surface area contributed by atoms with Crippen molar-refractivity contribution in [2.24, 2.45) is 0 Å². The van der Waals surface area contributed by atoms with Crippen LogP contribution in [0, 0.1) is 6.92 Å². The lowest BCUT2D eigenvalue weighted by Gasteiger charge is -2.15. The summed E-state index contributed by atoms with van der Waals surface area (Å²) in [6.45, 7) is 6.63. The molecule has 124 heavy (non-hydrogen) atoms. The minimum absolute atomic E-state index is 0.334. The van der Waals surface area contributed by atoms with Crippen molar-refractivity contribution in [1.29, 1.82) is 0 Å². The van der Waals surface area contributed by atoms with Gasteiger partial charge in [0.2, 0.25) is 0 Å². The van der Waals surface area contributed by atoms with Crippen molar-refractivity contribution in [2.75, 3.05) is 0 Å². The molecule has 0 spiro atoms. The number of hydrogen-bond donors (Lipinski definition) is 0. The van der Waals surface area contributed by atoms with Gasteiger partial charge in [0.05, 0.1) is 61.7 Å². The van der Waals surface area contributed by atoms with E-state index in [0.717, 1.165) is 200 Å². The van der Waals surface area contributed by atoms with Crippen LogP contribution in [0.1, 0.15) is 30.9 Å². The number of rotatable bonds is 15. The van der Waals surface area contributed by atoms with Gasteiger partial charge in [-0.05, 0) is 135 Å². The molecule has 14 aromatic carbocycles. The molecule has 0 amide bonds. The zero-order valence-corrected chi connectivity index (χ0v) is 68.2. The van der Waals surface area contributed by atoms with Crippen molar-refractivity contribution in [1.82, 2.24) is 54.8 Å². The van der Waals surface area contributed by atoms with Crippen LogP contribution >= 0.6 is 0 Å². The molecule has 0 N–H and O–H groups in total. The Hall–Kier alpha value is -16.4. The number of para-hydroxylation sites is 1. The van der Waals surface area contributed by atoms with Crippen LogP contribution < -0.4 is 0 Å². The van der Waals surface area contributed by atoms with Crippen LogP contribution in [0.25, 0.3) is 223 Å². The summed E-state index contributed by atoms with van der Waals surface area (Å²) in [5.41, 5.74) is 31.2. The predicted molar refractivity (Wildman–Crippen MR) is 509 cm³/mol. The van der Waals surface area contributed by atoms with Crippen molar-refractivity contribution in [3.05, 3.63) is 418 Å². The van der Waals surface area contributed by atoms with Gasteiger partial charge in [-0.3, -0.25) is 9.97 Å². The highest BCUT2D eigenvalue weighted by molar-refractivity contribution is 6.07. The smallest absolute Gasteiger partial charge is 0.164 e. The van der Waals surface area contributed by atoms with Gasteiger partial charge in [-0.2, -0.15) is 0 Å². The third kappa shape index (κ3) is 15.0. The van der Waals surface area contributed by atoms with Crippen LogP contribution in [0.4, 0.5) is 0 Å². The summed E-state index contributed by atoms with van der Waals surface area (Å²) in [4.78, 5) is 55.6. The maximum absolute atomic E-state index is 5.32. The van der Waals surface area contributed by atoms with Gasteiger partial charge >= 0.3 is 0 Å². The number of aryl methyl sites for hydroxylation is 1. The fourth-order valence-electron chi connectivity index (χ4n) is 16.8. The molecule has 584 valence electrons. The molecule has 22 aromatic rings. The maximum atomic E-state index is 5.32. The van der Waals surface area contributed by atoms with E-state index in [0.29, 0.717) is 29.2 Å². The van der Waals surface area contributed by atoms with Crippen molar-refractivity contribution in [3.63, 3.8) is 0 Å². The second-order valence-electron chi connectivity index (χ2n) is 31.5. The first-order valence-corrected chi connectivity index (χ1v) is 41.8. The molecular weight excluding hydrogens is 1510 g/mol. The van der Waals surface area contributed by atoms with Gasteiger partial charge in [0.25, 0.3) is 0 Å². The molecule has 0 atom stereocenters. The Morgan fingerprint density at radius 1 is 0.210 bits per heavy atom. The van der Waals surface area contributed by atoms with Gasteiger partial charge in [0, 0.05) is 112 Å². The molecule has 8 aromatic heterocycles.